The second kappa shape index (κ2) is 5.09. The molecule has 1 rings (SSSR count). The number of methoxy groups -OCH3 is 2. The molecule has 88 valence electrons. The normalized spacial score (nSPS) is 11.4. The van der Waals surface area contributed by atoms with Gasteiger partial charge in [-0.3, -0.25) is 4.79 Å². The summed E-state index contributed by atoms with van der Waals surface area (Å²) in [4.78, 5) is 11.0. The summed E-state index contributed by atoms with van der Waals surface area (Å²) in [6.45, 7) is 1.80. The molecule has 0 aliphatic heterocycles. The summed E-state index contributed by atoms with van der Waals surface area (Å²) in [7, 11) is 3.12. The second-order valence-electron chi connectivity index (χ2n) is 3.65. The van der Waals surface area contributed by atoms with Crippen LogP contribution < -0.4 is 5.73 Å². The van der Waals surface area contributed by atoms with Crippen LogP contribution in [-0.2, 0) is 26.5 Å². The van der Waals surface area contributed by atoms with Gasteiger partial charge >= 0.3 is 0 Å². The second-order valence-corrected chi connectivity index (χ2v) is 3.65. The molecular weight excluding hydrogens is 206 g/mol. The number of ether oxygens (including phenoxy) is 2. The maximum atomic E-state index is 11.0. The zero-order chi connectivity index (χ0) is 12.2. The average Bonchev–Trinajstić information content (AvgIpc) is 2.28. The molecule has 0 aliphatic carbocycles. The maximum absolute atomic E-state index is 11.0. The van der Waals surface area contributed by atoms with Gasteiger partial charge in [0.25, 0.3) is 0 Å². The molecule has 0 aliphatic rings. The Morgan fingerprint density at radius 1 is 1.31 bits per heavy atom. The number of amides is 1. The fraction of sp³-hybridized carbons (Fsp3) is 0.417. The lowest BCUT2D eigenvalue weighted by molar-refractivity contribution is -0.202. The summed E-state index contributed by atoms with van der Waals surface area (Å²) < 4.78 is 10.6. The molecule has 0 atom stereocenters. The topological polar surface area (TPSA) is 61.6 Å². The minimum atomic E-state index is -0.855. The number of primary amides is 1. The highest BCUT2D eigenvalue weighted by Crippen LogP contribution is 2.28. The van der Waals surface area contributed by atoms with Gasteiger partial charge in [0, 0.05) is 19.8 Å². The van der Waals surface area contributed by atoms with E-state index in [1.54, 1.807) is 21.1 Å². The Morgan fingerprint density at radius 3 is 2.38 bits per heavy atom. The van der Waals surface area contributed by atoms with Crippen LogP contribution in [0.2, 0.25) is 0 Å². The van der Waals surface area contributed by atoms with Crippen molar-refractivity contribution < 1.29 is 14.3 Å². The summed E-state index contributed by atoms with van der Waals surface area (Å²) in [6.07, 6.45) is 0.179. The Balaban J connectivity index is 3.16. The third-order valence-electron chi connectivity index (χ3n) is 2.65. The molecule has 0 heterocycles. The van der Waals surface area contributed by atoms with Crippen LogP contribution in [0.5, 0.6) is 0 Å². The van der Waals surface area contributed by atoms with Crippen LogP contribution in [0, 0.1) is 0 Å². The fourth-order valence-electron chi connectivity index (χ4n) is 1.61. The van der Waals surface area contributed by atoms with E-state index in [9.17, 15) is 4.79 Å². The monoisotopic (exact) mass is 223 g/mol. The number of rotatable bonds is 5. The summed E-state index contributed by atoms with van der Waals surface area (Å²) >= 11 is 0. The van der Waals surface area contributed by atoms with E-state index >= 15 is 0 Å². The van der Waals surface area contributed by atoms with E-state index in [2.05, 4.69) is 0 Å². The molecule has 4 heteroatoms. The van der Waals surface area contributed by atoms with Gasteiger partial charge < -0.3 is 15.2 Å². The molecule has 1 aromatic rings. The first kappa shape index (κ1) is 12.7. The molecule has 0 fully saturated rings. The van der Waals surface area contributed by atoms with Crippen molar-refractivity contribution in [3.05, 3.63) is 35.4 Å². The first-order chi connectivity index (χ1) is 7.53. The van der Waals surface area contributed by atoms with Crippen LogP contribution in [0.25, 0.3) is 0 Å². The van der Waals surface area contributed by atoms with Crippen molar-refractivity contribution in [3.8, 4) is 0 Å². The Hall–Kier alpha value is -1.39. The van der Waals surface area contributed by atoms with Crippen molar-refractivity contribution in [2.24, 2.45) is 5.73 Å². The predicted molar refractivity (Wildman–Crippen MR) is 60.7 cm³/mol. The van der Waals surface area contributed by atoms with Crippen molar-refractivity contribution in [1.82, 2.24) is 0 Å². The van der Waals surface area contributed by atoms with Crippen molar-refractivity contribution in [1.29, 1.82) is 0 Å². The van der Waals surface area contributed by atoms with Crippen molar-refractivity contribution in [3.63, 3.8) is 0 Å². The van der Waals surface area contributed by atoms with Crippen molar-refractivity contribution >= 4 is 5.91 Å². The summed E-state index contributed by atoms with van der Waals surface area (Å²) in [5.74, 6) is -1.23. The van der Waals surface area contributed by atoms with E-state index in [4.69, 9.17) is 15.2 Å². The molecule has 0 aromatic heterocycles. The van der Waals surface area contributed by atoms with Gasteiger partial charge in [-0.2, -0.15) is 0 Å². The third kappa shape index (κ3) is 2.59. The number of hydrogen-bond acceptors (Lipinski definition) is 3. The Labute approximate surface area is 95.3 Å². The molecule has 0 radical (unpaired) electrons. The number of carbonyl (C=O) groups excluding carboxylic acids is 1. The van der Waals surface area contributed by atoms with Gasteiger partial charge in [-0.1, -0.05) is 24.3 Å². The molecule has 0 saturated heterocycles. The Kier molecular flexibility index (Phi) is 4.04. The highest BCUT2D eigenvalue weighted by atomic mass is 16.7. The SMILES string of the molecule is COC(C)(OC)c1ccccc1CC(N)=O. The first-order valence-corrected chi connectivity index (χ1v) is 5.00. The van der Waals surface area contributed by atoms with E-state index in [1.807, 2.05) is 24.3 Å². The van der Waals surface area contributed by atoms with Gasteiger partial charge in [0.2, 0.25) is 5.91 Å². The van der Waals surface area contributed by atoms with Crippen molar-refractivity contribution in [2.45, 2.75) is 19.1 Å². The first-order valence-electron chi connectivity index (χ1n) is 5.00. The summed E-state index contributed by atoms with van der Waals surface area (Å²) in [5.41, 5.74) is 6.84. The lowest BCUT2D eigenvalue weighted by Crippen LogP contribution is -2.29. The van der Waals surface area contributed by atoms with Crippen LogP contribution in [-0.4, -0.2) is 20.1 Å². The van der Waals surface area contributed by atoms with Crippen molar-refractivity contribution in [2.75, 3.05) is 14.2 Å². The molecule has 16 heavy (non-hydrogen) atoms. The molecule has 1 aromatic carbocycles. The Bertz CT molecular complexity index is 372. The minimum absolute atomic E-state index is 0.179. The van der Waals surface area contributed by atoms with Gasteiger partial charge in [-0.15, -0.1) is 0 Å². The average molecular weight is 223 g/mol. The number of hydrogen-bond donors (Lipinski definition) is 1. The van der Waals surface area contributed by atoms with Crippen LogP contribution in [0.1, 0.15) is 18.1 Å². The zero-order valence-electron chi connectivity index (χ0n) is 9.82. The van der Waals surface area contributed by atoms with Crippen LogP contribution in [0.4, 0.5) is 0 Å². The highest BCUT2D eigenvalue weighted by molar-refractivity contribution is 5.77. The molecule has 0 bridgehead atoms. The molecule has 1 amide bonds. The van der Waals surface area contributed by atoms with E-state index in [-0.39, 0.29) is 12.3 Å². The molecule has 0 saturated carbocycles. The lowest BCUT2D eigenvalue weighted by atomic mass is 9.98. The Morgan fingerprint density at radius 2 is 1.88 bits per heavy atom. The predicted octanol–water partition coefficient (Wildman–Crippen LogP) is 1.18. The zero-order valence-corrected chi connectivity index (χ0v) is 9.82. The van der Waals surface area contributed by atoms with E-state index in [0.717, 1.165) is 11.1 Å². The van der Waals surface area contributed by atoms with E-state index < -0.39 is 5.79 Å². The summed E-state index contributed by atoms with van der Waals surface area (Å²) in [5, 5.41) is 0. The largest absolute Gasteiger partial charge is 0.369 e. The maximum Gasteiger partial charge on any atom is 0.221 e. The van der Waals surface area contributed by atoms with Crippen LogP contribution in [0.3, 0.4) is 0 Å². The fourth-order valence-corrected chi connectivity index (χ4v) is 1.61. The quantitative estimate of drug-likeness (QED) is 0.762. The smallest absolute Gasteiger partial charge is 0.221 e. The van der Waals surface area contributed by atoms with Gasteiger partial charge in [0.1, 0.15) is 0 Å². The molecule has 0 spiro atoms. The van der Waals surface area contributed by atoms with Gasteiger partial charge in [0.15, 0.2) is 5.79 Å². The van der Waals surface area contributed by atoms with Crippen LogP contribution >= 0.6 is 0 Å². The number of nitrogens with two attached hydrogens (primary N) is 1. The summed E-state index contributed by atoms with van der Waals surface area (Å²) in [6, 6.07) is 7.44. The lowest BCUT2D eigenvalue weighted by Gasteiger charge is -2.28. The standard InChI is InChI=1S/C12H17NO3/c1-12(15-2,16-3)10-7-5-4-6-9(10)8-11(13)14/h4-7H,8H2,1-3H3,(H2,13,14). The third-order valence-corrected chi connectivity index (χ3v) is 2.65. The van der Waals surface area contributed by atoms with E-state index in [0.29, 0.717) is 0 Å². The molecule has 0 unspecified atom stereocenters. The molecular formula is C12H17NO3. The van der Waals surface area contributed by atoms with Crippen LogP contribution in [0.15, 0.2) is 24.3 Å². The number of carbonyl (C=O) groups is 1. The minimum Gasteiger partial charge on any atom is -0.369 e. The van der Waals surface area contributed by atoms with Gasteiger partial charge in [0.05, 0.1) is 6.42 Å². The van der Waals surface area contributed by atoms with Gasteiger partial charge in [-0.05, 0) is 12.5 Å². The number of benzene rings is 1. The molecule has 4 nitrogen and oxygen atoms in total. The van der Waals surface area contributed by atoms with E-state index in [1.165, 1.54) is 0 Å². The van der Waals surface area contributed by atoms with Gasteiger partial charge in [-0.25, -0.2) is 0 Å². The highest BCUT2D eigenvalue weighted by Gasteiger charge is 2.28. The molecule has 2 N–H and O–H groups in total.